The van der Waals surface area contributed by atoms with Crippen molar-refractivity contribution in [3.63, 3.8) is 0 Å². The molecule has 0 radical (unpaired) electrons. The fourth-order valence-electron chi connectivity index (χ4n) is 1.88. The Balaban J connectivity index is 2.83. The number of nitrogens with zero attached hydrogens (tertiary/aromatic N) is 1. The van der Waals surface area contributed by atoms with Gasteiger partial charge < -0.3 is 0 Å². The minimum Gasteiger partial charge on any atom is -0.205 e. The lowest BCUT2D eigenvalue weighted by Crippen LogP contribution is -2.49. The molecule has 1 fully saturated rings. The van der Waals surface area contributed by atoms with Crippen molar-refractivity contribution in [2.45, 2.75) is 38.1 Å². The van der Waals surface area contributed by atoms with Gasteiger partial charge in [0.2, 0.25) is 0 Å². The van der Waals surface area contributed by atoms with Crippen LogP contribution in [0.15, 0.2) is 0 Å². The molecule has 1 aliphatic rings. The van der Waals surface area contributed by atoms with Gasteiger partial charge in [-0.15, -0.1) is 0 Å². The monoisotopic (exact) mass is 206 g/mol. The lowest BCUT2D eigenvalue weighted by Gasteiger charge is -2.33. The predicted molar refractivity (Wildman–Crippen MR) is 52.6 cm³/mol. The van der Waals surface area contributed by atoms with E-state index < -0.39 is 10.2 Å². The van der Waals surface area contributed by atoms with E-state index in [9.17, 15) is 8.42 Å². The van der Waals surface area contributed by atoms with E-state index in [1.807, 2.05) is 6.92 Å². The Morgan fingerprint density at radius 3 is 2.15 bits per heavy atom. The Kier molecular flexibility index (Phi) is 2.99. The third kappa shape index (κ3) is 2.03. The van der Waals surface area contributed by atoms with Gasteiger partial charge in [0.1, 0.15) is 0 Å². The van der Waals surface area contributed by atoms with Crippen molar-refractivity contribution in [3.05, 3.63) is 0 Å². The van der Waals surface area contributed by atoms with Gasteiger partial charge in [-0.2, -0.15) is 12.7 Å². The van der Waals surface area contributed by atoms with Gasteiger partial charge in [-0.25, -0.2) is 4.72 Å². The molecule has 1 saturated carbocycles. The van der Waals surface area contributed by atoms with Gasteiger partial charge in [-0.05, 0) is 19.8 Å². The average molecular weight is 206 g/mol. The lowest BCUT2D eigenvalue weighted by atomic mass is 10.0. The van der Waals surface area contributed by atoms with Crippen LogP contribution >= 0.6 is 0 Å². The van der Waals surface area contributed by atoms with Crippen LogP contribution in [0.5, 0.6) is 0 Å². The quantitative estimate of drug-likeness (QED) is 0.739. The van der Waals surface area contributed by atoms with E-state index in [1.54, 1.807) is 7.05 Å². The molecule has 1 aliphatic carbocycles. The Morgan fingerprint density at radius 2 is 1.77 bits per heavy atom. The van der Waals surface area contributed by atoms with Crippen LogP contribution in [0.4, 0.5) is 0 Å². The first-order valence-electron chi connectivity index (χ1n) is 4.60. The second-order valence-electron chi connectivity index (χ2n) is 3.88. The summed E-state index contributed by atoms with van der Waals surface area (Å²) in [6.45, 7) is 2.01. The molecule has 0 saturated heterocycles. The summed E-state index contributed by atoms with van der Waals surface area (Å²) in [6, 6.07) is 0. The SMILES string of the molecule is CNS(=O)(=O)N(C)C1(C)CCCC1. The Bertz CT molecular complexity index is 268. The highest BCUT2D eigenvalue weighted by Crippen LogP contribution is 2.34. The van der Waals surface area contributed by atoms with Crippen molar-refractivity contribution in [1.29, 1.82) is 0 Å². The maximum Gasteiger partial charge on any atom is 0.279 e. The molecule has 0 aromatic heterocycles. The van der Waals surface area contributed by atoms with E-state index in [0.29, 0.717) is 0 Å². The van der Waals surface area contributed by atoms with Crippen LogP contribution in [0.2, 0.25) is 0 Å². The minimum absolute atomic E-state index is 0.179. The van der Waals surface area contributed by atoms with Crippen LogP contribution in [0, 0.1) is 0 Å². The smallest absolute Gasteiger partial charge is 0.205 e. The summed E-state index contributed by atoms with van der Waals surface area (Å²) in [4.78, 5) is 0. The lowest BCUT2D eigenvalue weighted by molar-refractivity contribution is 0.245. The number of hydrogen-bond donors (Lipinski definition) is 1. The molecule has 0 atom stereocenters. The van der Waals surface area contributed by atoms with Crippen molar-refractivity contribution >= 4 is 10.2 Å². The first-order valence-corrected chi connectivity index (χ1v) is 6.04. The zero-order chi connectivity index (χ0) is 10.1. The summed E-state index contributed by atoms with van der Waals surface area (Å²) in [6.07, 6.45) is 4.18. The summed E-state index contributed by atoms with van der Waals surface area (Å²) in [5.74, 6) is 0. The highest BCUT2D eigenvalue weighted by atomic mass is 32.2. The van der Waals surface area contributed by atoms with Crippen molar-refractivity contribution in [3.8, 4) is 0 Å². The fourth-order valence-corrected chi connectivity index (χ4v) is 2.92. The largest absolute Gasteiger partial charge is 0.279 e. The van der Waals surface area contributed by atoms with Gasteiger partial charge in [-0.1, -0.05) is 12.8 Å². The van der Waals surface area contributed by atoms with E-state index >= 15 is 0 Å². The molecule has 0 spiro atoms. The van der Waals surface area contributed by atoms with Crippen LogP contribution < -0.4 is 4.72 Å². The second kappa shape index (κ2) is 3.55. The normalized spacial score (nSPS) is 22.5. The van der Waals surface area contributed by atoms with E-state index in [2.05, 4.69) is 4.72 Å². The van der Waals surface area contributed by atoms with Crippen molar-refractivity contribution in [2.24, 2.45) is 0 Å². The topological polar surface area (TPSA) is 49.4 Å². The average Bonchev–Trinajstić information content (AvgIpc) is 2.52. The van der Waals surface area contributed by atoms with E-state index in [4.69, 9.17) is 0 Å². The van der Waals surface area contributed by atoms with E-state index in [1.165, 1.54) is 11.4 Å². The summed E-state index contributed by atoms with van der Waals surface area (Å²) in [5, 5.41) is 0. The van der Waals surface area contributed by atoms with Crippen molar-refractivity contribution in [2.75, 3.05) is 14.1 Å². The molecule has 0 amide bonds. The third-order valence-electron chi connectivity index (χ3n) is 3.06. The van der Waals surface area contributed by atoms with Crippen LogP contribution in [0.1, 0.15) is 32.6 Å². The number of nitrogens with one attached hydrogen (secondary N) is 1. The molecule has 0 aromatic carbocycles. The first-order chi connectivity index (χ1) is 5.92. The molecule has 0 bridgehead atoms. The van der Waals surface area contributed by atoms with Gasteiger partial charge in [0, 0.05) is 19.6 Å². The molecule has 5 heteroatoms. The molecule has 0 unspecified atom stereocenters. The first kappa shape index (κ1) is 10.9. The van der Waals surface area contributed by atoms with Crippen molar-refractivity contribution < 1.29 is 8.42 Å². The maximum absolute atomic E-state index is 11.5. The van der Waals surface area contributed by atoms with Crippen LogP contribution in [-0.4, -0.2) is 32.4 Å². The zero-order valence-electron chi connectivity index (χ0n) is 8.50. The summed E-state index contributed by atoms with van der Waals surface area (Å²) < 4.78 is 26.8. The number of hydrogen-bond acceptors (Lipinski definition) is 2. The Labute approximate surface area is 80.5 Å². The molecule has 1 N–H and O–H groups in total. The van der Waals surface area contributed by atoms with Crippen LogP contribution in [-0.2, 0) is 10.2 Å². The molecular weight excluding hydrogens is 188 g/mol. The molecule has 0 heterocycles. The standard InChI is InChI=1S/C8H18N2O2S/c1-8(6-4-5-7-8)10(3)13(11,12)9-2/h9H,4-7H2,1-3H3. The minimum atomic E-state index is -3.26. The third-order valence-corrected chi connectivity index (χ3v) is 4.74. The summed E-state index contributed by atoms with van der Waals surface area (Å²) in [5.41, 5.74) is -0.179. The molecule has 78 valence electrons. The van der Waals surface area contributed by atoms with E-state index in [0.717, 1.165) is 25.7 Å². The molecule has 1 rings (SSSR count). The fraction of sp³-hybridized carbons (Fsp3) is 1.00. The van der Waals surface area contributed by atoms with Gasteiger partial charge in [0.15, 0.2) is 0 Å². The summed E-state index contributed by atoms with van der Waals surface area (Å²) >= 11 is 0. The molecule has 4 nitrogen and oxygen atoms in total. The van der Waals surface area contributed by atoms with Crippen molar-refractivity contribution in [1.82, 2.24) is 9.03 Å². The van der Waals surface area contributed by atoms with Gasteiger partial charge >= 0.3 is 0 Å². The number of rotatable bonds is 3. The van der Waals surface area contributed by atoms with Crippen LogP contribution in [0.3, 0.4) is 0 Å². The predicted octanol–water partition coefficient (Wildman–Crippen LogP) is 0.715. The summed E-state index contributed by atoms with van der Waals surface area (Å²) in [7, 11) is -0.158. The zero-order valence-corrected chi connectivity index (χ0v) is 9.32. The maximum atomic E-state index is 11.5. The van der Waals surface area contributed by atoms with Gasteiger partial charge in [-0.3, -0.25) is 0 Å². The Hall–Kier alpha value is -0.130. The van der Waals surface area contributed by atoms with E-state index in [-0.39, 0.29) is 5.54 Å². The Morgan fingerprint density at radius 1 is 1.31 bits per heavy atom. The van der Waals surface area contributed by atoms with Crippen LogP contribution in [0.25, 0.3) is 0 Å². The van der Waals surface area contributed by atoms with Gasteiger partial charge in [0.05, 0.1) is 0 Å². The highest BCUT2D eigenvalue weighted by molar-refractivity contribution is 7.87. The molecule has 0 aromatic rings. The molecular formula is C8H18N2O2S. The second-order valence-corrected chi connectivity index (χ2v) is 5.79. The highest BCUT2D eigenvalue weighted by Gasteiger charge is 2.38. The molecule has 13 heavy (non-hydrogen) atoms. The molecule has 0 aliphatic heterocycles. The van der Waals surface area contributed by atoms with Gasteiger partial charge in [0.25, 0.3) is 10.2 Å².